The van der Waals surface area contributed by atoms with Crippen LogP contribution in [0.25, 0.3) is 0 Å². The number of nitrogens with one attached hydrogen (secondary N) is 1. The van der Waals surface area contributed by atoms with Crippen LogP contribution in [0.3, 0.4) is 0 Å². The molecule has 146 valence electrons. The Hall–Kier alpha value is -2.59. The number of nitrogens with zero attached hydrogens (tertiary/aromatic N) is 2. The first kappa shape index (κ1) is 18.8. The number of hydrogen-bond acceptors (Lipinski definition) is 6. The summed E-state index contributed by atoms with van der Waals surface area (Å²) in [4.78, 5) is 20.2. The van der Waals surface area contributed by atoms with Crippen LogP contribution in [-0.4, -0.2) is 40.7 Å². The summed E-state index contributed by atoms with van der Waals surface area (Å²) in [6, 6.07) is 6.07. The minimum absolute atomic E-state index is 0.0160. The van der Waals surface area contributed by atoms with Gasteiger partial charge in [-0.3, -0.25) is 4.79 Å². The van der Waals surface area contributed by atoms with Crippen LogP contribution in [0.2, 0.25) is 0 Å². The second-order valence-corrected chi connectivity index (χ2v) is 7.56. The smallest absolute Gasteiger partial charge is 0.274 e. The van der Waals surface area contributed by atoms with Crippen molar-refractivity contribution in [2.45, 2.75) is 11.2 Å². The molecule has 1 saturated heterocycles. The van der Waals surface area contributed by atoms with Gasteiger partial charge >= 0.3 is 0 Å². The predicted molar refractivity (Wildman–Crippen MR) is 99.0 cm³/mol. The van der Waals surface area contributed by atoms with E-state index in [1.165, 1.54) is 18.2 Å². The van der Waals surface area contributed by atoms with Gasteiger partial charge in [-0.25, -0.2) is 23.1 Å². The summed E-state index contributed by atoms with van der Waals surface area (Å²) >= 11 is 1.05. The van der Waals surface area contributed by atoms with E-state index < -0.39 is 28.7 Å². The minimum atomic E-state index is -1.93. The van der Waals surface area contributed by atoms with E-state index in [0.717, 1.165) is 30.1 Å². The van der Waals surface area contributed by atoms with Gasteiger partial charge in [0.15, 0.2) is 16.4 Å². The monoisotopic (exact) mass is 408 g/mol. The number of pyridine rings is 1. The molecule has 2 atom stereocenters. The second-order valence-electron chi connectivity index (χ2n) is 6.57. The Balaban J connectivity index is 1.70. The number of fused-ring (bicyclic) bond motifs is 1. The van der Waals surface area contributed by atoms with Crippen molar-refractivity contribution < 1.29 is 22.7 Å². The SMILES string of the molecule is NC1=N[C@@]2(c3cc(NC(=O)c4ccc(F)cn4)ccc3F)COC[C@@]2(F)CS1. The van der Waals surface area contributed by atoms with E-state index >= 15 is 4.39 Å². The van der Waals surface area contributed by atoms with Crippen molar-refractivity contribution in [2.24, 2.45) is 10.7 Å². The van der Waals surface area contributed by atoms with Crippen LogP contribution >= 0.6 is 11.8 Å². The lowest BCUT2D eigenvalue weighted by molar-refractivity contribution is 0.102. The number of aromatic nitrogens is 1. The van der Waals surface area contributed by atoms with Crippen molar-refractivity contribution in [3.05, 3.63) is 59.4 Å². The van der Waals surface area contributed by atoms with Crippen molar-refractivity contribution in [2.75, 3.05) is 24.3 Å². The quantitative estimate of drug-likeness (QED) is 0.815. The number of anilines is 1. The lowest BCUT2D eigenvalue weighted by Crippen LogP contribution is -2.52. The standard InChI is InChI=1S/C18H15F3N4O2S/c19-10-1-4-14(23-6-10)15(26)24-11-2-3-13(20)12(5-11)18-8-27-7-17(18,21)9-28-16(22)25-18/h1-6H,7-9H2,(H2,22,25)(H,24,26)/t17-,18-/m1/s1. The topological polar surface area (TPSA) is 89.6 Å². The van der Waals surface area contributed by atoms with Crippen molar-refractivity contribution in [3.63, 3.8) is 0 Å². The molecule has 2 aliphatic rings. The Morgan fingerprint density at radius 2 is 2.07 bits per heavy atom. The second kappa shape index (κ2) is 6.78. The molecule has 1 fully saturated rings. The number of alkyl halides is 1. The van der Waals surface area contributed by atoms with E-state index in [2.05, 4.69) is 15.3 Å². The van der Waals surface area contributed by atoms with Gasteiger partial charge in [-0.05, 0) is 30.3 Å². The molecule has 1 aromatic carbocycles. The normalized spacial score (nSPS) is 26.5. The van der Waals surface area contributed by atoms with Crippen molar-refractivity contribution in [3.8, 4) is 0 Å². The van der Waals surface area contributed by atoms with Gasteiger partial charge in [0.2, 0.25) is 0 Å². The van der Waals surface area contributed by atoms with E-state index in [-0.39, 0.29) is 41.1 Å². The highest BCUT2D eigenvalue weighted by atomic mass is 32.2. The van der Waals surface area contributed by atoms with Crippen molar-refractivity contribution >= 4 is 28.5 Å². The van der Waals surface area contributed by atoms with Gasteiger partial charge < -0.3 is 15.8 Å². The van der Waals surface area contributed by atoms with E-state index in [4.69, 9.17) is 10.5 Å². The number of benzene rings is 1. The van der Waals surface area contributed by atoms with E-state index in [1.807, 2.05) is 0 Å². The molecule has 4 rings (SSSR count). The first-order chi connectivity index (χ1) is 13.3. The molecule has 0 aliphatic carbocycles. The Labute approximate surface area is 162 Å². The molecule has 1 aromatic heterocycles. The molecule has 3 heterocycles. The van der Waals surface area contributed by atoms with Crippen LogP contribution in [0.1, 0.15) is 16.1 Å². The number of ether oxygens (including phenoxy) is 1. The molecule has 2 aromatic rings. The van der Waals surface area contributed by atoms with Crippen LogP contribution in [0.15, 0.2) is 41.5 Å². The summed E-state index contributed by atoms with van der Waals surface area (Å²) in [5.74, 6) is -1.90. The maximum atomic E-state index is 15.5. The first-order valence-corrected chi connectivity index (χ1v) is 9.29. The van der Waals surface area contributed by atoms with Gasteiger partial charge in [-0.15, -0.1) is 0 Å². The Bertz CT molecular complexity index is 972. The fraction of sp³-hybridized carbons (Fsp3) is 0.278. The molecule has 6 nitrogen and oxygen atoms in total. The molecular formula is C18H15F3N4O2S. The summed E-state index contributed by atoms with van der Waals surface area (Å²) in [5, 5.41) is 2.69. The highest BCUT2D eigenvalue weighted by Gasteiger charge is 2.61. The molecule has 0 unspecified atom stereocenters. The molecule has 28 heavy (non-hydrogen) atoms. The Kier molecular flexibility index (Phi) is 4.54. The number of aliphatic imine (C=N–C) groups is 1. The third-order valence-corrected chi connectivity index (χ3v) is 5.75. The number of thioether (sulfide) groups is 1. The Morgan fingerprint density at radius 1 is 1.25 bits per heavy atom. The minimum Gasteiger partial charge on any atom is -0.379 e. The lowest BCUT2D eigenvalue weighted by atomic mass is 9.79. The van der Waals surface area contributed by atoms with E-state index in [1.54, 1.807) is 0 Å². The summed E-state index contributed by atoms with van der Waals surface area (Å²) in [6.45, 7) is -0.398. The van der Waals surface area contributed by atoms with Crippen LogP contribution in [0.4, 0.5) is 18.9 Å². The van der Waals surface area contributed by atoms with Gasteiger partial charge in [-0.1, -0.05) is 11.8 Å². The van der Waals surface area contributed by atoms with E-state index in [9.17, 15) is 13.6 Å². The number of carbonyl (C=O) groups is 1. The lowest BCUT2D eigenvalue weighted by Gasteiger charge is -2.38. The number of halogens is 3. The molecule has 0 bridgehead atoms. The largest absolute Gasteiger partial charge is 0.379 e. The van der Waals surface area contributed by atoms with Crippen LogP contribution < -0.4 is 11.1 Å². The summed E-state index contributed by atoms with van der Waals surface area (Å²) in [6.07, 6.45) is 0.911. The summed E-state index contributed by atoms with van der Waals surface area (Å²) in [7, 11) is 0. The van der Waals surface area contributed by atoms with Crippen LogP contribution in [0, 0.1) is 11.6 Å². The number of amidine groups is 1. The fourth-order valence-corrected chi connectivity index (χ4v) is 4.24. The van der Waals surface area contributed by atoms with Crippen LogP contribution in [0.5, 0.6) is 0 Å². The zero-order valence-corrected chi connectivity index (χ0v) is 15.2. The average molecular weight is 408 g/mol. The highest BCUT2D eigenvalue weighted by Crippen LogP contribution is 2.50. The first-order valence-electron chi connectivity index (χ1n) is 8.31. The van der Waals surface area contributed by atoms with Crippen LogP contribution in [-0.2, 0) is 10.3 Å². The molecule has 0 spiro atoms. The van der Waals surface area contributed by atoms with Gasteiger partial charge in [0, 0.05) is 17.0 Å². The molecule has 0 radical (unpaired) electrons. The van der Waals surface area contributed by atoms with Gasteiger partial charge in [0.05, 0.1) is 19.4 Å². The molecular weight excluding hydrogens is 393 g/mol. The summed E-state index contributed by atoms with van der Waals surface area (Å²) in [5.41, 5.74) is 2.37. The number of amides is 1. The highest BCUT2D eigenvalue weighted by molar-refractivity contribution is 8.13. The third-order valence-electron chi connectivity index (χ3n) is 4.76. The zero-order chi connectivity index (χ0) is 19.9. The predicted octanol–water partition coefficient (Wildman–Crippen LogP) is 2.61. The van der Waals surface area contributed by atoms with Crippen molar-refractivity contribution in [1.82, 2.24) is 4.98 Å². The maximum Gasteiger partial charge on any atom is 0.274 e. The summed E-state index contributed by atoms with van der Waals surface area (Å²) < 4.78 is 48.5. The molecule has 1 amide bonds. The average Bonchev–Trinajstić information content (AvgIpc) is 3.01. The number of nitrogens with two attached hydrogens (primary N) is 1. The zero-order valence-electron chi connectivity index (χ0n) is 14.4. The number of hydrogen-bond donors (Lipinski definition) is 2. The maximum absolute atomic E-state index is 15.5. The van der Waals surface area contributed by atoms with Crippen molar-refractivity contribution in [1.29, 1.82) is 0 Å². The van der Waals surface area contributed by atoms with Gasteiger partial charge in [0.1, 0.15) is 17.3 Å². The molecule has 0 saturated carbocycles. The number of rotatable bonds is 3. The van der Waals surface area contributed by atoms with Gasteiger partial charge in [0.25, 0.3) is 5.91 Å². The van der Waals surface area contributed by atoms with E-state index in [0.29, 0.717) is 0 Å². The molecule has 2 aliphatic heterocycles. The fourth-order valence-electron chi connectivity index (χ4n) is 3.32. The Morgan fingerprint density at radius 3 is 2.82 bits per heavy atom. The molecule has 10 heteroatoms. The third kappa shape index (κ3) is 3.02. The number of carbonyl (C=O) groups excluding carboxylic acids is 1. The van der Waals surface area contributed by atoms with Gasteiger partial charge in [-0.2, -0.15) is 0 Å². The molecule has 3 N–H and O–H groups in total.